The monoisotopic (exact) mass is 422 g/mol. The third kappa shape index (κ3) is 5.88. The van der Waals surface area contributed by atoms with E-state index in [9.17, 15) is 22.8 Å². The molecule has 2 aromatic carbocycles. The zero-order chi connectivity index (χ0) is 21.7. The number of likely N-dealkylation sites (tertiary alicyclic amines) is 1. The molecule has 3 rings (SSSR count). The molecule has 9 heteroatoms. The van der Waals surface area contributed by atoms with E-state index in [0.717, 1.165) is 23.4 Å². The van der Waals surface area contributed by atoms with Crippen LogP contribution >= 0.6 is 0 Å². The van der Waals surface area contributed by atoms with E-state index in [1.807, 2.05) is 24.3 Å². The highest BCUT2D eigenvalue weighted by Crippen LogP contribution is 2.23. The smallest absolute Gasteiger partial charge is 0.497 e. The topological polar surface area (TPSA) is 67.9 Å². The number of amides is 2. The standard InChI is InChI=1S/C21H21F3N2O4/c1-29-16-6-4-15(5-7-16)13-26-11-10-18(20(26)28)25-19(27)12-14-2-8-17(9-3-14)30-21(22,23)24/h2-9,18H,10-13H2,1H3,(H,25,27). The first kappa shape index (κ1) is 21.5. The number of alkyl halides is 3. The molecule has 1 atom stereocenters. The number of ether oxygens (including phenoxy) is 2. The molecule has 0 aromatic heterocycles. The average Bonchev–Trinajstić information content (AvgIpc) is 3.02. The molecule has 1 aliphatic heterocycles. The molecule has 1 heterocycles. The van der Waals surface area contributed by atoms with Gasteiger partial charge in [0.15, 0.2) is 0 Å². The molecule has 1 N–H and O–H groups in total. The van der Waals surface area contributed by atoms with Crippen LogP contribution in [0, 0.1) is 0 Å². The predicted octanol–water partition coefficient (Wildman–Crippen LogP) is 3.05. The van der Waals surface area contributed by atoms with Crippen molar-refractivity contribution in [2.45, 2.75) is 31.8 Å². The van der Waals surface area contributed by atoms with E-state index >= 15 is 0 Å². The lowest BCUT2D eigenvalue weighted by molar-refractivity contribution is -0.274. The van der Waals surface area contributed by atoms with E-state index in [1.165, 1.54) is 12.1 Å². The number of benzene rings is 2. The van der Waals surface area contributed by atoms with Crippen molar-refractivity contribution in [3.63, 3.8) is 0 Å². The molecule has 30 heavy (non-hydrogen) atoms. The van der Waals surface area contributed by atoms with Crippen LogP contribution in [0.15, 0.2) is 48.5 Å². The summed E-state index contributed by atoms with van der Waals surface area (Å²) in [5.41, 5.74) is 1.47. The van der Waals surface area contributed by atoms with Gasteiger partial charge in [0, 0.05) is 13.1 Å². The fourth-order valence-electron chi connectivity index (χ4n) is 3.22. The van der Waals surface area contributed by atoms with Gasteiger partial charge in [-0.3, -0.25) is 9.59 Å². The molecule has 0 aliphatic carbocycles. The lowest BCUT2D eigenvalue weighted by Gasteiger charge is -2.17. The second-order valence-corrected chi connectivity index (χ2v) is 6.89. The summed E-state index contributed by atoms with van der Waals surface area (Å²) in [7, 11) is 1.58. The number of hydrogen-bond acceptors (Lipinski definition) is 4. The van der Waals surface area contributed by atoms with Gasteiger partial charge < -0.3 is 19.7 Å². The van der Waals surface area contributed by atoms with Gasteiger partial charge in [0.2, 0.25) is 11.8 Å². The first-order valence-electron chi connectivity index (χ1n) is 9.29. The minimum atomic E-state index is -4.76. The Kier molecular flexibility index (Phi) is 6.49. The highest BCUT2D eigenvalue weighted by molar-refractivity contribution is 5.89. The summed E-state index contributed by atoms with van der Waals surface area (Å²) < 4.78 is 45.5. The van der Waals surface area contributed by atoms with E-state index in [4.69, 9.17) is 4.74 Å². The Labute approximate surface area is 171 Å². The van der Waals surface area contributed by atoms with Crippen LogP contribution in [0.3, 0.4) is 0 Å². The first-order valence-corrected chi connectivity index (χ1v) is 9.29. The Morgan fingerprint density at radius 1 is 1.07 bits per heavy atom. The Morgan fingerprint density at radius 3 is 2.27 bits per heavy atom. The minimum absolute atomic E-state index is 0.0471. The van der Waals surface area contributed by atoms with Crippen molar-refractivity contribution < 1.29 is 32.2 Å². The summed E-state index contributed by atoms with van der Waals surface area (Å²) in [5, 5.41) is 2.70. The molecule has 2 aromatic rings. The van der Waals surface area contributed by atoms with E-state index in [-0.39, 0.29) is 24.0 Å². The molecule has 1 fully saturated rings. The van der Waals surface area contributed by atoms with Crippen LogP contribution in [0.4, 0.5) is 13.2 Å². The number of methoxy groups -OCH3 is 1. The molecule has 0 spiro atoms. The second-order valence-electron chi connectivity index (χ2n) is 6.89. The van der Waals surface area contributed by atoms with Gasteiger partial charge in [0.05, 0.1) is 13.5 Å². The summed E-state index contributed by atoms with van der Waals surface area (Å²) in [6.07, 6.45) is -4.31. The molecular formula is C21H21F3N2O4. The maximum atomic E-state index is 12.6. The fraction of sp³-hybridized carbons (Fsp3) is 0.333. The van der Waals surface area contributed by atoms with Gasteiger partial charge in [-0.25, -0.2) is 0 Å². The lowest BCUT2D eigenvalue weighted by Crippen LogP contribution is -2.41. The second kappa shape index (κ2) is 9.06. The van der Waals surface area contributed by atoms with Crippen LogP contribution < -0.4 is 14.8 Å². The van der Waals surface area contributed by atoms with Crippen molar-refractivity contribution >= 4 is 11.8 Å². The normalized spacial score (nSPS) is 16.5. The lowest BCUT2D eigenvalue weighted by atomic mass is 10.1. The van der Waals surface area contributed by atoms with Gasteiger partial charge in [0.1, 0.15) is 17.5 Å². The predicted molar refractivity (Wildman–Crippen MR) is 102 cm³/mol. The van der Waals surface area contributed by atoms with E-state index in [2.05, 4.69) is 10.1 Å². The van der Waals surface area contributed by atoms with E-state index < -0.39 is 12.4 Å². The Morgan fingerprint density at radius 2 is 1.67 bits per heavy atom. The largest absolute Gasteiger partial charge is 0.573 e. The maximum absolute atomic E-state index is 12.6. The highest BCUT2D eigenvalue weighted by atomic mass is 19.4. The molecule has 1 unspecified atom stereocenters. The SMILES string of the molecule is COc1ccc(CN2CCC(NC(=O)Cc3ccc(OC(F)(F)F)cc3)C2=O)cc1. The third-order valence-electron chi connectivity index (χ3n) is 4.69. The maximum Gasteiger partial charge on any atom is 0.573 e. The van der Waals surface area contributed by atoms with Crippen LogP contribution in [0.25, 0.3) is 0 Å². The zero-order valence-corrected chi connectivity index (χ0v) is 16.2. The van der Waals surface area contributed by atoms with Gasteiger partial charge in [-0.05, 0) is 41.8 Å². The first-order chi connectivity index (χ1) is 14.2. The summed E-state index contributed by atoms with van der Waals surface area (Å²) in [6, 6.07) is 11.8. The zero-order valence-electron chi connectivity index (χ0n) is 16.2. The van der Waals surface area contributed by atoms with Crippen molar-refractivity contribution in [1.29, 1.82) is 0 Å². The number of carbonyl (C=O) groups excluding carboxylic acids is 2. The van der Waals surface area contributed by atoms with Gasteiger partial charge in [-0.2, -0.15) is 0 Å². The van der Waals surface area contributed by atoms with Crippen LogP contribution in [0.1, 0.15) is 17.5 Å². The molecule has 1 aliphatic rings. The van der Waals surface area contributed by atoms with Crippen molar-refractivity contribution in [2.24, 2.45) is 0 Å². The number of rotatable bonds is 7. The van der Waals surface area contributed by atoms with Crippen molar-refractivity contribution in [2.75, 3.05) is 13.7 Å². The van der Waals surface area contributed by atoms with Crippen LogP contribution in [-0.4, -0.2) is 42.8 Å². The molecule has 2 amide bonds. The number of hydrogen-bond donors (Lipinski definition) is 1. The Hall–Kier alpha value is -3.23. The quantitative estimate of drug-likeness (QED) is 0.745. The van der Waals surface area contributed by atoms with Gasteiger partial charge in [0.25, 0.3) is 0 Å². The van der Waals surface area contributed by atoms with Gasteiger partial charge in [-0.1, -0.05) is 24.3 Å². The van der Waals surface area contributed by atoms with Crippen molar-refractivity contribution in [3.8, 4) is 11.5 Å². The number of nitrogens with one attached hydrogen (secondary N) is 1. The van der Waals surface area contributed by atoms with E-state index in [0.29, 0.717) is 25.1 Å². The summed E-state index contributed by atoms with van der Waals surface area (Å²) >= 11 is 0. The van der Waals surface area contributed by atoms with Gasteiger partial charge >= 0.3 is 6.36 Å². The number of carbonyl (C=O) groups is 2. The average molecular weight is 422 g/mol. The Balaban J connectivity index is 1.50. The summed E-state index contributed by atoms with van der Waals surface area (Å²) in [5.74, 6) is -0.154. The van der Waals surface area contributed by atoms with E-state index in [1.54, 1.807) is 12.0 Å². The summed E-state index contributed by atoms with van der Waals surface area (Å²) in [4.78, 5) is 26.5. The molecule has 0 radical (unpaired) electrons. The molecule has 160 valence electrons. The molecule has 0 saturated carbocycles. The van der Waals surface area contributed by atoms with Crippen LogP contribution in [0.5, 0.6) is 11.5 Å². The summed E-state index contributed by atoms with van der Waals surface area (Å²) in [6.45, 7) is 0.967. The van der Waals surface area contributed by atoms with Crippen molar-refractivity contribution in [1.82, 2.24) is 10.2 Å². The van der Waals surface area contributed by atoms with Gasteiger partial charge in [-0.15, -0.1) is 13.2 Å². The van der Waals surface area contributed by atoms with Crippen LogP contribution in [0.2, 0.25) is 0 Å². The number of nitrogens with zero attached hydrogens (tertiary/aromatic N) is 1. The molecule has 0 bridgehead atoms. The fourth-order valence-corrected chi connectivity index (χ4v) is 3.22. The molecular weight excluding hydrogens is 401 g/mol. The molecule has 1 saturated heterocycles. The molecule has 6 nitrogen and oxygen atoms in total. The van der Waals surface area contributed by atoms with Crippen LogP contribution in [-0.2, 0) is 22.6 Å². The minimum Gasteiger partial charge on any atom is -0.497 e. The third-order valence-corrected chi connectivity index (χ3v) is 4.69. The Bertz CT molecular complexity index is 883. The number of halogens is 3. The highest BCUT2D eigenvalue weighted by Gasteiger charge is 2.33. The van der Waals surface area contributed by atoms with Crippen molar-refractivity contribution in [3.05, 3.63) is 59.7 Å².